The number of rotatable bonds is 6. The summed E-state index contributed by atoms with van der Waals surface area (Å²) in [4.78, 5) is 40.9. The molecule has 2 aliphatic rings. The molecule has 8 heteroatoms. The number of nitrogens with zero attached hydrogens (tertiary/aromatic N) is 2. The zero-order valence-electron chi connectivity index (χ0n) is 17.8. The van der Waals surface area contributed by atoms with E-state index in [1.54, 1.807) is 27.8 Å². The molecule has 1 saturated carbocycles. The topological polar surface area (TPSA) is 96.4 Å². The monoisotopic (exact) mass is 398 g/mol. The Hall–Kier alpha value is -1.83. The third-order valence-electron chi connectivity index (χ3n) is 5.75. The Morgan fingerprint density at radius 2 is 1.82 bits per heavy atom. The lowest BCUT2D eigenvalue weighted by atomic mass is 9.92. The van der Waals surface area contributed by atoms with E-state index in [9.17, 15) is 19.5 Å². The van der Waals surface area contributed by atoms with Crippen LogP contribution in [-0.4, -0.2) is 77.9 Å². The van der Waals surface area contributed by atoms with E-state index in [0.717, 1.165) is 12.8 Å². The molecule has 0 aromatic heterocycles. The number of carbonyl (C=O) groups excluding carboxylic acids is 3. The van der Waals surface area contributed by atoms with Crippen molar-refractivity contribution in [2.75, 3.05) is 27.3 Å². The summed E-state index contributed by atoms with van der Waals surface area (Å²) in [7, 11) is 2.93. The van der Waals surface area contributed by atoms with Gasteiger partial charge in [-0.3, -0.25) is 4.79 Å². The van der Waals surface area contributed by atoms with E-state index in [1.807, 2.05) is 6.92 Å². The van der Waals surface area contributed by atoms with Gasteiger partial charge in [-0.2, -0.15) is 0 Å². The van der Waals surface area contributed by atoms with Gasteiger partial charge in [-0.1, -0.05) is 6.92 Å². The summed E-state index contributed by atoms with van der Waals surface area (Å²) in [6, 6.07) is -1.33. The van der Waals surface area contributed by atoms with Gasteiger partial charge in [0.25, 0.3) is 0 Å². The quantitative estimate of drug-likeness (QED) is 0.684. The molecule has 0 aromatic carbocycles. The fourth-order valence-corrected chi connectivity index (χ4v) is 4.04. The normalized spacial score (nSPS) is 24.5. The summed E-state index contributed by atoms with van der Waals surface area (Å²) < 4.78 is 10.3. The molecular weight excluding hydrogens is 364 g/mol. The molecule has 2 fully saturated rings. The zero-order valence-corrected chi connectivity index (χ0v) is 17.8. The van der Waals surface area contributed by atoms with Crippen LogP contribution in [0.4, 0.5) is 4.79 Å². The Morgan fingerprint density at radius 3 is 2.29 bits per heavy atom. The van der Waals surface area contributed by atoms with Gasteiger partial charge in [0.1, 0.15) is 11.6 Å². The van der Waals surface area contributed by atoms with Crippen LogP contribution in [0.1, 0.15) is 47.0 Å². The second-order valence-corrected chi connectivity index (χ2v) is 8.93. The van der Waals surface area contributed by atoms with Crippen LogP contribution >= 0.6 is 0 Å². The van der Waals surface area contributed by atoms with Crippen molar-refractivity contribution >= 4 is 18.0 Å². The van der Waals surface area contributed by atoms with Crippen LogP contribution in [0, 0.1) is 17.8 Å². The van der Waals surface area contributed by atoms with Crippen molar-refractivity contribution in [1.82, 2.24) is 9.80 Å². The van der Waals surface area contributed by atoms with Crippen LogP contribution in [0.5, 0.6) is 0 Å². The van der Waals surface area contributed by atoms with Crippen LogP contribution in [0.2, 0.25) is 0 Å². The first kappa shape index (κ1) is 22.5. The fourth-order valence-electron chi connectivity index (χ4n) is 4.04. The van der Waals surface area contributed by atoms with Crippen LogP contribution in [0.15, 0.2) is 0 Å². The number of aliphatic hydroxyl groups excluding tert-OH is 1. The Bertz CT molecular complexity index is 598. The van der Waals surface area contributed by atoms with E-state index in [0.29, 0.717) is 18.9 Å². The Kier molecular flexibility index (Phi) is 6.96. The number of likely N-dealkylation sites (N-methyl/N-ethyl adjacent to an activating group) is 1. The Labute approximate surface area is 167 Å². The van der Waals surface area contributed by atoms with Gasteiger partial charge in [0.2, 0.25) is 5.91 Å². The first-order chi connectivity index (χ1) is 13.0. The van der Waals surface area contributed by atoms with Gasteiger partial charge >= 0.3 is 12.1 Å². The lowest BCUT2D eigenvalue weighted by Crippen LogP contribution is -2.52. The highest BCUT2D eigenvalue weighted by Gasteiger charge is 2.47. The number of ether oxygens (including phenoxy) is 2. The molecule has 4 atom stereocenters. The molecule has 0 aromatic rings. The SMILES string of the molecule is COC(=O)[C@H]([C@H](C)C1CC1)N(C)C(=O)[C@H]1CCN(C(=O)OC(C)(C)C)[C@@H]1CO. The second-order valence-electron chi connectivity index (χ2n) is 8.93. The number of carbonyl (C=O) groups is 3. The summed E-state index contributed by atoms with van der Waals surface area (Å²) in [5, 5.41) is 9.87. The molecule has 0 bridgehead atoms. The number of hydrogen-bond donors (Lipinski definition) is 1. The molecule has 0 unspecified atom stereocenters. The van der Waals surface area contributed by atoms with E-state index in [2.05, 4.69) is 0 Å². The van der Waals surface area contributed by atoms with Crippen LogP contribution in [0.25, 0.3) is 0 Å². The lowest BCUT2D eigenvalue weighted by molar-refractivity contribution is -0.156. The summed E-state index contributed by atoms with van der Waals surface area (Å²) in [6.07, 6.45) is 1.97. The smallest absolute Gasteiger partial charge is 0.410 e. The molecule has 1 heterocycles. The number of hydrogen-bond acceptors (Lipinski definition) is 6. The highest BCUT2D eigenvalue weighted by Crippen LogP contribution is 2.40. The van der Waals surface area contributed by atoms with Crippen molar-refractivity contribution in [3.8, 4) is 0 Å². The van der Waals surface area contributed by atoms with E-state index >= 15 is 0 Å². The predicted octanol–water partition coefficient (Wildman–Crippen LogP) is 1.65. The molecule has 160 valence electrons. The number of methoxy groups -OCH3 is 1. The molecule has 1 aliphatic heterocycles. The number of esters is 1. The minimum absolute atomic E-state index is 0.00246. The number of aliphatic hydroxyl groups is 1. The van der Waals surface area contributed by atoms with Gasteiger partial charge < -0.3 is 24.4 Å². The average Bonchev–Trinajstić information content (AvgIpc) is 3.37. The van der Waals surface area contributed by atoms with Gasteiger partial charge in [-0.05, 0) is 51.9 Å². The van der Waals surface area contributed by atoms with Gasteiger partial charge in [0.15, 0.2) is 0 Å². The van der Waals surface area contributed by atoms with Crippen molar-refractivity contribution in [3.05, 3.63) is 0 Å². The van der Waals surface area contributed by atoms with E-state index in [4.69, 9.17) is 9.47 Å². The van der Waals surface area contributed by atoms with Crippen molar-refractivity contribution < 1.29 is 29.0 Å². The molecule has 8 nitrogen and oxygen atoms in total. The number of likely N-dealkylation sites (tertiary alicyclic amines) is 1. The van der Waals surface area contributed by atoms with Crippen LogP contribution < -0.4 is 0 Å². The zero-order chi connectivity index (χ0) is 21.2. The van der Waals surface area contributed by atoms with E-state index in [-0.39, 0.29) is 18.4 Å². The average molecular weight is 399 g/mol. The maximum absolute atomic E-state index is 13.2. The van der Waals surface area contributed by atoms with E-state index in [1.165, 1.54) is 16.9 Å². The lowest BCUT2D eigenvalue weighted by Gasteiger charge is -2.34. The molecule has 1 saturated heterocycles. The standard InChI is InChI=1S/C20H34N2O6/c1-12(13-7-8-13)16(18(25)27-6)21(5)17(24)14-9-10-22(15(14)11-23)19(26)28-20(2,3)4/h12-16,23H,7-11H2,1-6H3/t12-,14+,15-,16+/m1/s1. The minimum atomic E-state index is -0.667. The van der Waals surface area contributed by atoms with Gasteiger partial charge in [0.05, 0.1) is 25.7 Å². The first-order valence-electron chi connectivity index (χ1n) is 9.96. The van der Waals surface area contributed by atoms with Crippen LogP contribution in [0.3, 0.4) is 0 Å². The Morgan fingerprint density at radius 1 is 1.21 bits per heavy atom. The summed E-state index contributed by atoms with van der Waals surface area (Å²) >= 11 is 0. The number of amides is 2. The molecule has 28 heavy (non-hydrogen) atoms. The molecule has 0 radical (unpaired) electrons. The fraction of sp³-hybridized carbons (Fsp3) is 0.850. The molecule has 1 aliphatic carbocycles. The third-order valence-corrected chi connectivity index (χ3v) is 5.75. The van der Waals surface area contributed by atoms with Crippen molar-refractivity contribution in [3.63, 3.8) is 0 Å². The summed E-state index contributed by atoms with van der Waals surface area (Å²) in [5.41, 5.74) is -0.661. The van der Waals surface area contributed by atoms with Crippen molar-refractivity contribution in [2.45, 2.75) is 64.6 Å². The van der Waals surface area contributed by atoms with Crippen molar-refractivity contribution in [1.29, 1.82) is 0 Å². The molecule has 2 rings (SSSR count). The first-order valence-corrected chi connectivity index (χ1v) is 9.96. The molecule has 2 amide bonds. The summed E-state index contributed by atoms with van der Waals surface area (Å²) in [5.74, 6) is -0.862. The minimum Gasteiger partial charge on any atom is -0.467 e. The van der Waals surface area contributed by atoms with Crippen LogP contribution in [-0.2, 0) is 19.1 Å². The third kappa shape index (κ3) is 4.96. The maximum Gasteiger partial charge on any atom is 0.410 e. The van der Waals surface area contributed by atoms with Crippen molar-refractivity contribution in [2.24, 2.45) is 17.8 Å². The second kappa shape index (κ2) is 8.68. The molecule has 1 N–H and O–H groups in total. The molecular formula is C20H34N2O6. The predicted molar refractivity (Wildman–Crippen MR) is 102 cm³/mol. The van der Waals surface area contributed by atoms with Gasteiger partial charge in [0, 0.05) is 13.6 Å². The van der Waals surface area contributed by atoms with Gasteiger partial charge in [-0.25, -0.2) is 9.59 Å². The Balaban J connectivity index is 2.14. The van der Waals surface area contributed by atoms with E-state index < -0.39 is 35.7 Å². The highest BCUT2D eigenvalue weighted by atomic mass is 16.6. The summed E-state index contributed by atoms with van der Waals surface area (Å²) in [6.45, 7) is 7.26. The maximum atomic E-state index is 13.2. The largest absolute Gasteiger partial charge is 0.467 e. The highest BCUT2D eigenvalue weighted by molar-refractivity contribution is 5.87. The van der Waals surface area contributed by atoms with Gasteiger partial charge in [-0.15, -0.1) is 0 Å². The molecule has 0 spiro atoms.